The van der Waals surface area contributed by atoms with Gasteiger partial charge in [0.25, 0.3) is 5.69 Å². The summed E-state index contributed by atoms with van der Waals surface area (Å²) in [7, 11) is 0. The van der Waals surface area contributed by atoms with Crippen LogP contribution in [-0.2, 0) is 20.7 Å². The van der Waals surface area contributed by atoms with Crippen LogP contribution >= 0.6 is 18.1 Å². The summed E-state index contributed by atoms with van der Waals surface area (Å²) >= 11 is 5.99. The number of rotatable bonds is 10. The highest BCUT2D eigenvalue weighted by atomic mass is 35.7. The van der Waals surface area contributed by atoms with E-state index < -0.39 is 23.8 Å². The molecule has 0 radical (unpaired) electrons. The molecule has 0 aliphatic heterocycles. The molecule has 0 aromatic heterocycles. The van der Waals surface area contributed by atoms with Gasteiger partial charge in [-0.2, -0.15) is 0 Å². The minimum absolute atomic E-state index is 0.0717. The number of esters is 1. The topological polar surface area (TPSA) is 108 Å². The zero-order valence-corrected chi connectivity index (χ0v) is 17.6. The van der Waals surface area contributed by atoms with Crippen LogP contribution in [0.5, 0.6) is 5.75 Å². The molecule has 1 N–H and O–H groups in total. The largest absolute Gasteiger partial charge is 0.460 e. The lowest BCUT2D eigenvalue weighted by atomic mass is 10.1. The Labute approximate surface area is 173 Å². The number of hydrogen-bond acceptors (Lipinski definition) is 6. The van der Waals surface area contributed by atoms with Crippen LogP contribution in [-0.4, -0.2) is 16.9 Å². The number of ether oxygens (including phenoxy) is 1. The summed E-state index contributed by atoms with van der Waals surface area (Å²) in [4.78, 5) is 22.6. The van der Waals surface area contributed by atoms with Crippen LogP contribution in [0, 0.1) is 16.0 Å². The number of carbonyl (C=O) groups excluding carboxylic acids is 1. The second kappa shape index (κ2) is 10.4. The average molecular weight is 441 g/mol. The van der Waals surface area contributed by atoms with E-state index in [1.165, 1.54) is 24.3 Å². The van der Waals surface area contributed by atoms with Crippen LogP contribution in [0.25, 0.3) is 0 Å². The predicted molar refractivity (Wildman–Crippen MR) is 110 cm³/mol. The fourth-order valence-electron chi connectivity index (χ4n) is 2.48. The van der Waals surface area contributed by atoms with E-state index in [9.17, 15) is 19.5 Å². The number of nitrogens with zero attached hydrogens (tertiary/aromatic N) is 1. The third-order valence-electron chi connectivity index (χ3n) is 3.80. The molecule has 29 heavy (non-hydrogen) atoms. The maximum absolute atomic E-state index is 12.7. The molecule has 0 saturated carbocycles. The molecule has 2 aromatic rings. The third kappa shape index (κ3) is 7.85. The molecule has 2 atom stereocenters. The van der Waals surface area contributed by atoms with Gasteiger partial charge in [-0.15, -0.1) is 0 Å². The van der Waals surface area contributed by atoms with Crippen molar-refractivity contribution in [2.24, 2.45) is 5.92 Å². The van der Waals surface area contributed by atoms with E-state index in [2.05, 4.69) is 5.09 Å². The standard InChI is InChI=1S/C19H22ClN2O6P/c1-14(2)12-18(19(23)27-13-15-6-4-3-5-7-15)21-29(20,26)28-17-10-8-16(9-11-17)22(24)25/h3-11,14,18H,12-13H2,1-2H3,(H,21,26)/t18-,29?/m0/s1. The molecule has 2 aromatic carbocycles. The molecule has 0 saturated heterocycles. The third-order valence-corrected chi connectivity index (χ3v) is 5.36. The van der Waals surface area contributed by atoms with Gasteiger partial charge >= 0.3 is 12.8 Å². The molecule has 2 rings (SSSR count). The molecule has 0 amide bonds. The molecule has 0 spiro atoms. The summed E-state index contributed by atoms with van der Waals surface area (Å²) in [6.45, 7) is -0.0918. The fraction of sp³-hybridized carbons (Fsp3) is 0.316. The zero-order valence-electron chi connectivity index (χ0n) is 16.0. The van der Waals surface area contributed by atoms with Gasteiger partial charge in [0.1, 0.15) is 18.4 Å². The van der Waals surface area contributed by atoms with Crippen molar-refractivity contribution in [3.8, 4) is 5.75 Å². The molecule has 0 aliphatic carbocycles. The van der Waals surface area contributed by atoms with Gasteiger partial charge in [-0.1, -0.05) is 44.2 Å². The first-order valence-corrected chi connectivity index (χ1v) is 11.4. The van der Waals surface area contributed by atoms with Crippen LogP contribution in [0.2, 0.25) is 0 Å². The Morgan fingerprint density at radius 2 is 1.79 bits per heavy atom. The van der Waals surface area contributed by atoms with E-state index in [0.29, 0.717) is 6.42 Å². The SMILES string of the molecule is CC(C)C[C@H](NP(=O)(Cl)Oc1ccc([N+](=O)[O-])cc1)C(=O)OCc1ccccc1. The lowest BCUT2D eigenvalue weighted by molar-refractivity contribution is -0.384. The Morgan fingerprint density at radius 3 is 2.34 bits per heavy atom. The first-order chi connectivity index (χ1) is 13.7. The van der Waals surface area contributed by atoms with Gasteiger partial charge in [0, 0.05) is 23.4 Å². The van der Waals surface area contributed by atoms with Gasteiger partial charge in [0.2, 0.25) is 0 Å². The summed E-state index contributed by atoms with van der Waals surface area (Å²) in [6, 6.07) is 13.2. The molecular formula is C19H22ClN2O6P. The lowest BCUT2D eigenvalue weighted by Crippen LogP contribution is -2.37. The average Bonchev–Trinajstić information content (AvgIpc) is 2.66. The second-order valence-corrected chi connectivity index (χ2v) is 9.46. The minimum atomic E-state index is -3.96. The number of carbonyl (C=O) groups is 1. The van der Waals surface area contributed by atoms with Crippen molar-refractivity contribution in [2.75, 3.05) is 0 Å². The summed E-state index contributed by atoms with van der Waals surface area (Å²) in [6.07, 6.45) is 0.327. The predicted octanol–water partition coefficient (Wildman–Crippen LogP) is 5.07. The van der Waals surface area contributed by atoms with Crippen molar-refractivity contribution >= 4 is 29.8 Å². The highest BCUT2D eigenvalue weighted by Gasteiger charge is 2.31. The van der Waals surface area contributed by atoms with Gasteiger partial charge in [0.15, 0.2) is 0 Å². The first-order valence-electron chi connectivity index (χ1n) is 8.88. The van der Waals surface area contributed by atoms with E-state index in [-0.39, 0.29) is 24.0 Å². The van der Waals surface area contributed by atoms with Crippen molar-refractivity contribution in [1.82, 2.24) is 5.09 Å². The van der Waals surface area contributed by atoms with Crippen LogP contribution in [0.4, 0.5) is 5.69 Å². The van der Waals surface area contributed by atoms with E-state index >= 15 is 0 Å². The first kappa shape index (κ1) is 22.9. The molecular weight excluding hydrogens is 419 g/mol. The number of halogens is 1. The van der Waals surface area contributed by atoms with Crippen molar-refractivity contribution in [2.45, 2.75) is 32.9 Å². The summed E-state index contributed by atoms with van der Waals surface area (Å²) in [5.41, 5.74) is 0.678. The number of nitrogens with one attached hydrogen (secondary N) is 1. The summed E-state index contributed by atoms with van der Waals surface area (Å²) in [5, 5.41) is 13.2. The smallest absolute Gasteiger partial charge is 0.409 e. The number of nitro groups is 1. The summed E-state index contributed by atoms with van der Waals surface area (Å²) in [5.74, 6) is -0.439. The van der Waals surface area contributed by atoms with Gasteiger partial charge in [0.05, 0.1) is 4.92 Å². The fourth-order valence-corrected chi connectivity index (χ4v) is 4.10. The highest BCUT2D eigenvalue weighted by molar-refractivity contribution is 7.84. The van der Waals surface area contributed by atoms with Crippen molar-refractivity contribution in [3.63, 3.8) is 0 Å². The Hall–Kier alpha value is -2.41. The van der Waals surface area contributed by atoms with E-state index in [1.807, 2.05) is 44.2 Å². The Morgan fingerprint density at radius 1 is 1.17 bits per heavy atom. The molecule has 0 aliphatic rings. The Kier molecular flexibility index (Phi) is 8.20. The van der Waals surface area contributed by atoms with Gasteiger partial charge in [-0.3, -0.25) is 14.9 Å². The number of hydrogen-bond donors (Lipinski definition) is 1. The van der Waals surface area contributed by atoms with Gasteiger partial charge in [-0.05, 0) is 30.0 Å². The minimum Gasteiger partial charge on any atom is -0.460 e. The molecule has 0 fully saturated rings. The summed E-state index contributed by atoms with van der Waals surface area (Å²) < 4.78 is 23.2. The Bertz CT molecular complexity index is 876. The molecule has 0 heterocycles. The molecule has 156 valence electrons. The van der Waals surface area contributed by atoms with E-state index in [0.717, 1.165) is 5.56 Å². The van der Waals surface area contributed by atoms with Gasteiger partial charge < -0.3 is 9.26 Å². The van der Waals surface area contributed by atoms with Crippen molar-refractivity contribution < 1.29 is 23.5 Å². The van der Waals surface area contributed by atoms with Crippen LogP contribution in [0.3, 0.4) is 0 Å². The van der Waals surface area contributed by atoms with Gasteiger partial charge in [-0.25, -0.2) is 9.65 Å². The maximum Gasteiger partial charge on any atom is 0.409 e. The maximum atomic E-state index is 12.7. The molecule has 10 heteroatoms. The Balaban J connectivity index is 2.03. The van der Waals surface area contributed by atoms with Crippen LogP contribution in [0.15, 0.2) is 54.6 Å². The van der Waals surface area contributed by atoms with Crippen molar-refractivity contribution in [3.05, 3.63) is 70.3 Å². The molecule has 8 nitrogen and oxygen atoms in total. The molecule has 1 unspecified atom stereocenters. The molecule has 0 bridgehead atoms. The normalized spacial score (nSPS) is 14.1. The highest BCUT2D eigenvalue weighted by Crippen LogP contribution is 2.49. The quantitative estimate of drug-likeness (QED) is 0.238. The van der Waals surface area contributed by atoms with Crippen molar-refractivity contribution in [1.29, 1.82) is 0 Å². The number of non-ortho nitro benzene ring substituents is 1. The lowest BCUT2D eigenvalue weighted by Gasteiger charge is -2.22. The monoisotopic (exact) mass is 440 g/mol. The van der Waals surface area contributed by atoms with E-state index in [1.54, 1.807) is 0 Å². The number of nitro benzene ring substituents is 1. The van der Waals surface area contributed by atoms with Crippen LogP contribution in [0.1, 0.15) is 25.8 Å². The van der Waals surface area contributed by atoms with E-state index in [4.69, 9.17) is 20.5 Å². The van der Waals surface area contributed by atoms with Crippen LogP contribution < -0.4 is 9.61 Å². The number of benzene rings is 2. The zero-order chi connectivity index (χ0) is 21.4. The second-order valence-electron chi connectivity index (χ2n) is 6.73.